The lowest BCUT2D eigenvalue weighted by atomic mass is 10.2. The number of nitrogens with zero attached hydrogens (tertiary/aromatic N) is 2. The van der Waals surface area contributed by atoms with E-state index in [2.05, 4.69) is 9.71 Å². The molecule has 1 amide bonds. The number of amides is 1. The smallest absolute Gasteiger partial charge is 0.240 e. The van der Waals surface area contributed by atoms with Gasteiger partial charge in [0.25, 0.3) is 0 Å². The summed E-state index contributed by atoms with van der Waals surface area (Å²) >= 11 is 5.80. The summed E-state index contributed by atoms with van der Waals surface area (Å²) in [5.74, 6) is -0.135. The number of nitrogens with one attached hydrogen (secondary N) is 1. The number of carbonyl (C=O) groups is 1. The van der Waals surface area contributed by atoms with Gasteiger partial charge in [0.15, 0.2) is 0 Å². The van der Waals surface area contributed by atoms with Crippen molar-refractivity contribution in [2.24, 2.45) is 0 Å². The second-order valence-corrected chi connectivity index (χ2v) is 7.69. The first-order chi connectivity index (χ1) is 11.9. The summed E-state index contributed by atoms with van der Waals surface area (Å²) in [5, 5.41) is 0.341. The Balaban J connectivity index is 1.79. The van der Waals surface area contributed by atoms with Crippen LogP contribution < -0.4 is 4.72 Å². The third-order valence-electron chi connectivity index (χ3n) is 3.59. The fourth-order valence-corrected chi connectivity index (χ4v) is 3.49. The van der Waals surface area contributed by atoms with Crippen molar-refractivity contribution in [3.05, 3.63) is 59.4 Å². The highest BCUT2D eigenvalue weighted by Crippen LogP contribution is 2.15. The van der Waals surface area contributed by atoms with Crippen LogP contribution in [-0.4, -0.2) is 44.3 Å². The van der Waals surface area contributed by atoms with Crippen LogP contribution in [-0.2, 0) is 21.2 Å². The van der Waals surface area contributed by atoms with Crippen LogP contribution in [0.1, 0.15) is 12.1 Å². The maximum atomic E-state index is 12.1. The minimum atomic E-state index is -3.67. The number of pyridine rings is 1. The normalized spacial score (nSPS) is 11.3. The molecule has 134 valence electrons. The van der Waals surface area contributed by atoms with Gasteiger partial charge in [0.1, 0.15) is 0 Å². The van der Waals surface area contributed by atoms with Crippen molar-refractivity contribution in [2.45, 2.75) is 17.7 Å². The maximum absolute atomic E-state index is 12.1. The van der Waals surface area contributed by atoms with E-state index in [1.54, 1.807) is 30.3 Å². The van der Waals surface area contributed by atoms with E-state index in [0.717, 1.165) is 5.69 Å². The first-order valence-electron chi connectivity index (χ1n) is 7.77. The van der Waals surface area contributed by atoms with Gasteiger partial charge in [-0.05, 0) is 30.3 Å². The molecule has 1 aromatic carbocycles. The number of aromatic nitrogens is 1. The molecule has 0 saturated heterocycles. The van der Waals surface area contributed by atoms with Gasteiger partial charge < -0.3 is 4.90 Å². The van der Waals surface area contributed by atoms with E-state index in [-0.39, 0.29) is 23.8 Å². The second kappa shape index (κ2) is 8.94. The Morgan fingerprint density at radius 3 is 2.72 bits per heavy atom. The lowest BCUT2D eigenvalue weighted by Crippen LogP contribution is -2.33. The molecule has 0 atom stereocenters. The largest absolute Gasteiger partial charge is 0.345 e. The second-order valence-electron chi connectivity index (χ2n) is 5.49. The zero-order valence-electron chi connectivity index (χ0n) is 13.9. The number of hydrogen-bond donors (Lipinski definition) is 1. The quantitative estimate of drug-likeness (QED) is 0.759. The van der Waals surface area contributed by atoms with Crippen molar-refractivity contribution in [1.82, 2.24) is 14.6 Å². The van der Waals surface area contributed by atoms with E-state index in [4.69, 9.17) is 11.6 Å². The van der Waals surface area contributed by atoms with Crippen LogP contribution in [0.2, 0.25) is 5.02 Å². The standard InChI is InChI=1S/C17H20ClN3O3S/c1-21(12-9-15-6-2-3-10-19-15)17(22)8-11-20-25(23,24)16-7-4-5-14(18)13-16/h2-7,10,13,20H,8-9,11-12H2,1H3. The van der Waals surface area contributed by atoms with Crippen molar-refractivity contribution in [2.75, 3.05) is 20.1 Å². The molecule has 0 spiro atoms. The summed E-state index contributed by atoms with van der Waals surface area (Å²) < 4.78 is 26.7. The Hall–Kier alpha value is -1.96. The minimum Gasteiger partial charge on any atom is -0.345 e. The van der Waals surface area contributed by atoms with Gasteiger partial charge in [-0.1, -0.05) is 23.7 Å². The van der Waals surface area contributed by atoms with Crippen LogP contribution in [0.3, 0.4) is 0 Å². The highest BCUT2D eigenvalue weighted by molar-refractivity contribution is 7.89. The lowest BCUT2D eigenvalue weighted by Gasteiger charge is -2.17. The number of sulfonamides is 1. The Bertz CT molecular complexity index is 813. The lowest BCUT2D eigenvalue weighted by molar-refractivity contribution is -0.129. The molecule has 0 aliphatic rings. The number of halogens is 1. The van der Waals surface area contributed by atoms with E-state index < -0.39 is 10.0 Å². The van der Waals surface area contributed by atoms with E-state index in [9.17, 15) is 13.2 Å². The van der Waals surface area contributed by atoms with E-state index in [1.165, 1.54) is 12.1 Å². The predicted molar refractivity (Wildman–Crippen MR) is 96.8 cm³/mol. The highest BCUT2D eigenvalue weighted by Gasteiger charge is 2.15. The van der Waals surface area contributed by atoms with Crippen molar-refractivity contribution < 1.29 is 13.2 Å². The van der Waals surface area contributed by atoms with E-state index in [0.29, 0.717) is 18.0 Å². The van der Waals surface area contributed by atoms with Crippen LogP contribution >= 0.6 is 11.6 Å². The summed E-state index contributed by atoms with van der Waals surface area (Å²) in [7, 11) is -1.98. The highest BCUT2D eigenvalue weighted by atomic mass is 35.5. The van der Waals surface area contributed by atoms with Crippen LogP contribution in [0, 0.1) is 0 Å². The first-order valence-corrected chi connectivity index (χ1v) is 9.64. The predicted octanol–water partition coefficient (Wildman–Crippen LogP) is 2.10. The molecule has 25 heavy (non-hydrogen) atoms. The molecular weight excluding hydrogens is 362 g/mol. The fraction of sp³-hybridized carbons (Fsp3) is 0.294. The van der Waals surface area contributed by atoms with E-state index >= 15 is 0 Å². The maximum Gasteiger partial charge on any atom is 0.240 e. The van der Waals surface area contributed by atoms with E-state index in [1.807, 2.05) is 18.2 Å². The molecule has 2 aromatic rings. The topological polar surface area (TPSA) is 79.4 Å². The molecular formula is C17H20ClN3O3S. The Labute approximate surface area is 152 Å². The van der Waals surface area contributed by atoms with Crippen molar-refractivity contribution >= 4 is 27.5 Å². The zero-order chi connectivity index (χ0) is 18.3. The van der Waals surface area contributed by atoms with Gasteiger partial charge in [0.05, 0.1) is 4.90 Å². The van der Waals surface area contributed by atoms with Crippen LogP contribution in [0.15, 0.2) is 53.6 Å². The average Bonchev–Trinajstić information content (AvgIpc) is 2.60. The number of carbonyl (C=O) groups excluding carboxylic acids is 1. The molecule has 1 N–H and O–H groups in total. The molecule has 0 radical (unpaired) electrons. The Morgan fingerprint density at radius 2 is 2.04 bits per heavy atom. The van der Waals surface area contributed by atoms with Crippen LogP contribution in [0.4, 0.5) is 0 Å². The monoisotopic (exact) mass is 381 g/mol. The SMILES string of the molecule is CN(CCc1ccccn1)C(=O)CCNS(=O)(=O)c1cccc(Cl)c1. The summed E-state index contributed by atoms with van der Waals surface area (Å²) in [6, 6.07) is 11.6. The molecule has 0 saturated carbocycles. The molecule has 0 aliphatic heterocycles. The van der Waals surface area contributed by atoms with Gasteiger partial charge in [-0.2, -0.15) is 0 Å². The summed E-state index contributed by atoms with van der Waals surface area (Å²) in [6.07, 6.45) is 2.44. The zero-order valence-corrected chi connectivity index (χ0v) is 15.4. The Kier molecular flexibility index (Phi) is 6.92. The first kappa shape index (κ1) is 19.4. The molecule has 0 bridgehead atoms. The van der Waals surface area contributed by atoms with Gasteiger partial charge in [0, 0.05) is 49.9 Å². The number of benzene rings is 1. The molecule has 2 rings (SSSR count). The molecule has 6 nitrogen and oxygen atoms in total. The number of hydrogen-bond acceptors (Lipinski definition) is 4. The molecule has 8 heteroatoms. The Morgan fingerprint density at radius 1 is 1.24 bits per heavy atom. The van der Waals surface area contributed by atoms with Gasteiger partial charge in [0.2, 0.25) is 15.9 Å². The minimum absolute atomic E-state index is 0.0294. The third kappa shape index (κ3) is 6.12. The summed E-state index contributed by atoms with van der Waals surface area (Å²) in [5.41, 5.74) is 0.906. The fourth-order valence-electron chi connectivity index (χ4n) is 2.15. The van der Waals surface area contributed by atoms with Gasteiger partial charge in [-0.3, -0.25) is 9.78 Å². The number of rotatable bonds is 8. The van der Waals surface area contributed by atoms with Crippen molar-refractivity contribution in [3.8, 4) is 0 Å². The van der Waals surface area contributed by atoms with Crippen molar-refractivity contribution in [1.29, 1.82) is 0 Å². The summed E-state index contributed by atoms with van der Waals surface area (Å²) in [4.78, 5) is 17.9. The molecule has 1 heterocycles. The van der Waals surface area contributed by atoms with Crippen LogP contribution in [0.5, 0.6) is 0 Å². The van der Waals surface area contributed by atoms with Crippen molar-refractivity contribution in [3.63, 3.8) is 0 Å². The van der Waals surface area contributed by atoms with Gasteiger partial charge in [-0.15, -0.1) is 0 Å². The van der Waals surface area contributed by atoms with Gasteiger partial charge in [-0.25, -0.2) is 13.1 Å². The molecule has 1 aromatic heterocycles. The third-order valence-corrected chi connectivity index (χ3v) is 5.29. The summed E-state index contributed by atoms with van der Waals surface area (Å²) in [6.45, 7) is 0.554. The molecule has 0 aliphatic carbocycles. The number of likely N-dealkylation sites (N-methyl/N-ethyl adjacent to an activating group) is 1. The van der Waals surface area contributed by atoms with Crippen LogP contribution in [0.25, 0.3) is 0 Å². The molecule has 0 unspecified atom stereocenters. The molecule has 0 fully saturated rings. The average molecular weight is 382 g/mol. The van der Waals surface area contributed by atoms with Gasteiger partial charge >= 0.3 is 0 Å².